The highest BCUT2D eigenvalue weighted by atomic mass is 15.1. The zero-order chi connectivity index (χ0) is 7.68. The Labute approximate surface area is 63.9 Å². The van der Waals surface area contributed by atoms with Crippen molar-refractivity contribution < 1.29 is 0 Å². The fraction of sp³-hybridized carbons (Fsp3) is 0.143. The first kappa shape index (κ1) is 6.15. The lowest BCUT2D eigenvalue weighted by molar-refractivity contribution is 1.09. The normalized spacial score (nSPS) is 10.3. The first-order chi connectivity index (χ1) is 5.40. The predicted molar refractivity (Wildman–Crippen MR) is 42.5 cm³/mol. The third-order valence-corrected chi connectivity index (χ3v) is 1.52. The minimum absolute atomic E-state index is 0.859. The zero-order valence-electron chi connectivity index (χ0n) is 6.15. The van der Waals surface area contributed by atoms with Gasteiger partial charge in [0.05, 0.1) is 6.20 Å². The van der Waals surface area contributed by atoms with Crippen LogP contribution in [0.2, 0.25) is 0 Å². The number of imidazole rings is 1. The van der Waals surface area contributed by atoms with Gasteiger partial charge in [0.1, 0.15) is 17.8 Å². The van der Waals surface area contributed by atoms with Gasteiger partial charge in [-0.05, 0) is 6.07 Å². The lowest BCUT2D eigenvalue weighted by atomic mass is 10.6. The van der Waals surface area contributed by atoms with Crippen LogP contribution in [0.5, 0.6) is 0 Å². The summed E-state index contributed by atoms with van der Waals surface area (Å²) >= 11 is 0. The molecule has 4 nitrogen and oxygen atoms in total. The molecule has 2 heterocycles. The van der Waals surface area contributed by atoms with Crippen LogP contribution in [-0.2, 0) is 0 Å². The molecule has 11 heavy (non-hydrogen) atoms. The van der Waals surface area contributed by atoms with Gasteiger partial charge in [-0.3, -0.25) is 4.40 Å². The number of anilines is 1. The molecule has 0 aliphatic carbocycles. The maximum atomic E-state index is 4.24. The zero-order valence-corrected chi connectivity index (χ0v) is 6.15. The molecule has 0 atom stereocenters. The molecule has 2 rings (SSSR count). The van der Waals surface area contributed by atoms with Crippen LogP contribution < -0.4 is 5.32 Å². The highest BCUT2D eigenvalue weighted by Gasteiger charge is 1.95. The molecule has 0 aromatic carbocycles. The number of aromatic nitrogens is 3. The van der Waals surface area contributed by atoms with Crippen LogP contribution in [0.4, 0.5) is 5.82 Å². The molecular weight excluding hydrogens is 140 g/mol. The molecule has 0 fully saturated rings. The van der Waals surface area contributed by atoms with Crippen LogP contribution in [0.1, 0.15) is 0 Å². The van der Waals surface area contributed by atoms with Crippen molar-refractivity contribution in [2.24, 2.45) is 0 Å². The topological polar surface area (TPSA) is 42.2 Å². The molecule has 0 unspecified atom stereocenters. The molecule has 0 bridgehead atoms. The third-order valence-electron chi connectivity index (χ3n) is 1.52. The standard InChI is InChI=1S/C7H8N4/c1-8-6-4-11-5-9-3-2-7(11)10-6/h2-5,8H,1H3. The maximum Gasteiger partial charge on any atom is 0.145 e. The smallest absolute Gasteiger partial charge is 0.145 e. The van der Waals surface area contributed by atoms with Gasteiger partial charge in [0, 0.05) is 13.2 Å². The monoisotopic (exact) mass is 148 g/mol. The van der Waals surface area contributed by atoms with E-state index < -0.39 is 0 Å². The Hall–Kier alpha value is -1.58. The van der Waals surface area contributed by atoms with E-state index in [4.69, 9.17) is 0 Å². The average molecular weight is 148 g/mol. The summed E-state index contributed by atoms with van der Waals surface area (Å²) < 4.78 is 1.87. The summed E-state index contributed by atoms with van der Waals surface area (Å²) in [6, 6.07) is 1.86. The van der Waals surface area contributed by atoms with E-state index in [1.54, 1.807) is 12.5 Å². The molecule has 2 aromatic rings. The van der Waals surface area contributed by atoms with Crippen molar-refractivity contribution in [1.82, 2.24) is 14.4 Å². The van der Waals surface area contributed by atoms with E-state index in [0.29, 0.717) is 0 Å². The highest BCUT2D eigenvalue weighted by molar-refractivity contribution is 5.47. The molecule has 0 saturated carbocycles. The molecule has 0 aliphatic heterocycles. The predicted octanol–water partition coefficient (Wildman–Crippen LogP) is 0.771. The van der Waals surface area contributed by atoms with E-state index in [0.717, 1.165) is 11.5 Å². The first-order valence-corrected chi connectivity index (χ1v) is 3.36. The van der Waals surface area contributed by atoms with Gasteiger partial charge in [-0.15, -0.1) is 0 Å². The molecule has 1 N–H and O–H groups in total. The average Bonchev–Trinajstić information content (AvgIpc) is 2.46. The molecule has 0 spiro atoms. The van der Waals surface area contributed by atoms with E-state index in [1.807, 2.05) is 23.7 Å². The maximum absolute atomic E-state index is 4.24. The Balaban J connectivity index is 2.69. The van der Waals surface area contributed by atoms with Crippen molar-refractivity contribution in [2.75, 3.05) is 12.4 Å². The summed E-state index contributed by atoms with van der Waals surface area (Å²) in [7, 11) is 1.84. The Kier molecular flexibility index (Phi) is 1.25. The second kappa shape index (κ2) is 2.23. The number of nitrogens with one attached hydrogen (secondary N) is 1. The summed E-state index contributed by atoms with van der Waals surface area (Å²) in [5.41, 5.74) is 0.907. The lowest BCUT2D eigenvalue weighted by Crippen LogP contribution is -1.85. The second-order valence-electron chi connectivity index (χ2n) is 2.22. The summed E-state index contributed by atoms with van der Waals surface area (Å²) in [4.78, 5) is 8.20. The van der Waals surface area contributed by atoms with Gasteiger partial charge >= 0.3 is 0 Å². The minimum Gasteiger partial charge on any atom is -0.372 e. The van der Waals surface area contributed by atoms with E-state index in [9.17, 15) is 0 Å². The van der Waals surface area contributed by atoms with Gasteiger partial charge in [0.25, 0.3) is 0 Å². The van der Waals surface area contributed by atoms with E-state index in [-0.39, 0.29) is 0 Å². The van der Waals surface area contributed by atoms with Crippen molar-refractivity contribution >= 4 is 11.5 Å². The third kappa shape index (κ3) is 0.920. The van der Waals surface area contributed by atoms with Crippen molar-refractivity contribution in [3.63, 3.8) is 0 Å². The molecular formula is C7H8N4. The molecule has 0 saturated heterocycles. The number of hydrogen-bond donors (Lipinski definition) is 1. The molecule has 0 radical (unpaired) electrons. The number of fused-ring (bicyclic) bond motifs is 1. The molecule has 4 heteroatoms. The van der Waals surface area contributed by atoms with Gasteiger partial charge in [0.2, 0.25) is 0 Å². The summed E-state index contributed by atoms with van der Waals surface area (Å²) in [5.74, 6) is 0.859. The number of rotatable bonds is 1. The van der Waals surface area contributed by atoms with Crippen molar-refractivity contribution in [1.29, 1.82) is 0 Å². The van der Waals surface area contributed by atoms with Gasteiger partial charge in [-0.25, -0.2) is 9.97 Å². The van der Waals surface area contributed by atoms with Crippen LogP contribution >= 0.6 is 0 Å². The fourth-order valence-electron chi connectivity index (χ4n) is 0.964. The SMILES string of the molecule is CNc1cn2cnccc2n1. The van der Waals surface area contributed by atoms with Crippen molar-refractivity contribution in [3.05, 3.63) is 24.8 Å². The Morgan fingerprint density at radius 3 is 3.18 bits per heavy atom. The van der Waals surface area contributed by atoms with Crippen LogP contribution in [0.25, 0.3) is 5.65 Å². The van der Waals surface area contributed by atoms with Gasteiger partial charge < -0.3 is 5.32 Å². The molecule has 56 valence electrons. The number of nitrogens with zero attached hydrogens (tertiary/aromatic N) is 3. The Bertz CT molecular complexity index is 332. The van der Waals surface area contributed by atoms with Crippen LogP contribution in [0.15, 0.2) is 24.8 Å². The summed E-state index contributed by atoms with van der Waals surface area (Å²) in [6.45, 7) is 0. The lowest BCUT2D eigenvalue weighted by Gasteiger charge is -1.85. The quantitative estimate of drug-likeness (QED) is 0.649. The summed E-state index contributed by atoms with van der Waals surface area (Å²) in [5, 5.41) is 2.96. The highest BCUT2D eigenvalue weighted by Crippen LogP contribution is 2.05. The Morgan fingerprint density at radius 2 is 2.45 bits per heavy atom. The first-order valence-electron chi connectivity index (χ1n) is 3.36. The fourth-order valence-corrected chi connectivity index (χ4v) is 0.964. The largest absolute Gasteiger partial charge is 0.372 e. The van der Waals surface area contributed by atoms with Crippen LogP contribution in [0, 0.1) is 0 Å². The molecule has 0 amide bonds. The summed E-state index contributed by atoms with van der Waals surface area (Å²) in [6.07, 6.45) is 5.34. The van der Waals surface area contributed by atoms with E-state index in [2.05, 4.69) is 15.3 Å². The van der Waals surface area contributed by atoms with Gasteiger partial charge in [-0.2, -0.15) is 0 Å². The van der Waals surface area contributed by atoms with Crippen molar-refractivity contribution in [3.8, 4) is 0 Å². The minimum atomic E-state index is 0.859. The van der Waals surface area contributed by atoms with Gasteiger partial charge in [-0.1, -0.05) is 0 Å². The number of hydrogen-bond acceptors (Lipinski definition) is 3. The van der Waals surface area contributed by atoms with Crippen LogP contribution in [-0.4, -0.2) is 21.4 Å². The second-order valence-corrected chi connectivity index (χ2v) is 2.22. The Morgan fingerprint density at radius 1 is 1.55 bits per heavy atom. The van der Waals surface area contributed by atoms with Crippen LogP contribution in [0.3, 0.4) is 0 Å². The molecule has 2 aromatic heterocycles. The van der Waals surface area contributed by atoms with E-state index in [1.165, 1.54) is 0 Å². The molecule has 0 aliphatic rings. The van der Waals surface area contributed by atoms with Crippen molar-refractivity contribution in [2.45, 2.75) is 0 Å². The van der Waals surface area contributed by atoms with Gasteiger partial charge in [0.15, 0.2) is 0 Å². The van der Waals surface area contributed by atoms with E-state index >= 15 is 0 Å².